The number of hydrogen-bond acceptors (Lipinski definition) is 4. The molecule has 0 atom stereocenters. The highest BCUT2D eigenvalue weighted by atomic mass is 16.5. The third kappa shape index (κ3) is 3.01. The number of rotatable bonds is 3. The van der Waals surface area contributed by atoms with E-state index in [1.165, 1.54) is 0 Å². The van der Waals surface area contributed by atoms with Crippen molar-refractivity contribution in [1.29, 1.82) is 0 Å². The van der Waals surface area contributed by atoms with Crippen molar-refractivity contribution in [3.05, 3.63) is 58.5 Å². The van der Waals surface area contributed by atoms with Gasteiger partial charge in [0.15, 0.2) is 0 Å². The molecule has 1 fully saturated rings. The number of benzene rings is 2. The van der Waals surface area contributed by atoms with Gasteiger partial charge in [-0.25, -0.2) is 4.79 Å². The van der Waals surface area contributed by atoms with E-state index in [9.17, 15) is 9.59 Å². The van der Waals surface area contributed by atoms with Gasteiger partial charge in [-0.2, -0.15) is 0 Å². The summed E-state index contributed by atoms with van der Waals surface area (Å²) in [7, 11) is 0. The van der Waals surface area contributed by atoms with Crippen molar-refractivity contribution in [2.24, 2.45) is 0 Å². The molecular formula is C18H18N4O3. The van der Waals surface area contributed by atoms with Gasteiger partial charge < -0.3 is 24.9 Å². The molecule has 1 aliphatic rings. The molecule has 2 heterocycles. The molecule has 1 aromatic heterocycles. The van der Waals surface area contributed by atoms with Gasteiger partial charge in [0.1, 0.15) is 0 Å². The van der Waals surface area contributed by atoms with E-state index in [0.717, 1.165) is 24.5 Å². The topological polar surface area (TPSA) is 90.2 Å². The van der Waals surface area contributed by atoms with Gasteiger partial charge >= 0.3 is 5.69 Å². The van der Waals surface area contributed by atoms with Crippen LogP contribution in [-0.4, -0.2) is 42.2 Å². The Labute approximate surface area is 143 Å². The summed E-state index contributed by atoms with van der Waals surface area (Å²) in [5.41, 5.74) is 2.92. The Kier molecular flexibility index (Phi) is 3.99. The minimum Gasteiger partial charge on any atom is -0.378 e. The maximum absolute atomic E-state index is 12.8. The Bertz CT molecular complexity index is 970. The van der Waals surface area contributed by atoms with E-state index in [0.29, 0.717) is 29.8 Å². The smallest absolute Gasteiger partial charge is 0.323 e. The Balaban J connectivity index is 1.65. The first-order valence-corrected chi connectivity index (χ1v) is 8.16. The van der Waals surface area contributed by atoms with Crippen molar-refractivity contribution in [3.8, 4) is 0 Å². The van der Waals surface area contributed by atoms with Crippen molar-refractivity contribution in [1.82, 2.24) is 9.97 Å². The van der Waals surface area contributed by atoms with Crippen LogP contribution in [0.5, 0.6) is 0 Å². The molecule has 7 nitrogen and oxygen atoms in total. The van der Waals surface area contributed by atoms with E-state index >= 15 is 0 Å². The molecule has 128 valence electrons. The van der Waals surface area contributed by atoms with Crippen LogP contribution in [-0.2, 0) is 4.74 Å². The number of nitrogens with zero attached hydrogens (tertiary/aromatic N) is 1. The summed E-state index contributed by atoms with van der Waals surface area (Å²) in [5.74, 6) is -0.262. The van der Waals surface area contributed by atoms with Crippen LogP contribution in [0.3, 0.4) is 0 Å². The molecule has 4 rings (SSSR count). The normalized spacial score (nSPS) is 14.6. The molecule has 0 spiro atoms. The zero-order valence-corrected chi connectivity index (χ0v) is 13.5. The average Bonchev–Trinajstić information content (AvgIpc) is 3.03. The van der Waals surface area contributed by atoms with Crippen LogP contribution in [0.25, 0.3) is 11.0 Å². The Morgan fingerprint density at radius 3 is 2.68 bits per heavy atom. The second-order valence-electron chi connectivity index (χ2n) is 5.88. The van der Waals surface area contributed by atoms with Crippen LogP contribution in [0, 0.1) is 0 Å². The number of anilines is 2. The SMILES string of the molecule is O=C(Nc1ccccc1N1CCOCC1)c1cccc2[nH]c(=O)[nH]c12. The van der Waals surface area contributed by atoms with Gasteiger partial charge in [-0.1, -0.05) is 18.2 Å². The van der Waals surface area contributed by atoms with Crippen molar-refractivity contribution >= 4 is 28.3 Å². The highest BCUT2D eigenvalue weighted by Gasteiger charge is 2.17. The third-order valence-electron chi connectivity index (χ3n) is 4.30. The quantitative estimate of drug-likeness (QED) is 0.681. The number of amides is 1. The van der Waals surface area contributed by atoms with Crippen LogP contribution >= 0.6 is 0 Å². The minimum absolute atomic E-state index is 0.262. The largest absolute Gasteiger partial charge is 0.378 e. The number of fused-ring (bicyclic) bond motifs is 1. The van der Waals surface area contributed by atoms with Gasteiger partial charge in [0.2, 0.25) is 0 Å². The number of aromatic amines is 2. The fourth-order valence-corrected chi connectivity index (χ4v) is 3.10. The second-order valence-corrected chi connectivity index (χ2v) is 5.88. The predicted octanol–water partition coefficient (Wildman–Crippen LogP) is 1.95. The number of imidazole rings is 1. The molecular weight excluding hydrogens is 320 g/mol. The Morgan fingerprint density at radius 1 is 1.04 bits per heavy atom. The summed E-state index contributed by atoms with van der Waals surface area (Å²) in [6, 6.07) is 12.9. The number of hydrogen-bond donors (Lipinski definition) is 3. The summed E-state index contributed by atoms with van der Waals surface area (Å²) >= 11 is 0. The summed E-state index contributed by atoms with van der Waals surface area (Å²) in [6.45, 7) is 2.92. The molecule has 3 aromatic rings. The number of H-pyrrole nitrogens is 2. The summed E-state index contributed by atoms with van der Waals surface area (Å²) in [5, 5.41) is 2.97. The molecule has 0 unspecified atom stereocenters. The summed E-state index contributed by atoms with van der Waals surface area (Å²) in [6.07, 6.45) is 0. The fraction of sp³-hybridized carbons (Fsp3) is 0.222. The van der Waals surface area contributed by atoms with Gasteiger partial charge in [0.25, 0.3) is 5.91 Å². The molecule has 25 heavy (non-hydrogen) atoms. The Morgan fingerprint density at radius 2 is 1.84 bits per heavy atom. The van der Waals surface area contributed by atoms with Gasteiger partial charge in [-0.15, -0.1) is 0 Å². The summed E-state index contributed by atoms with van der Waals surface area (Å²) < 4.78 is 5.40. The van der Waals surface area contributed by atoms with Gasteiger partial charge in [0.05, 0.1) is 41.2 Å². The first-order valence-electron chi connectivity index (χ1n) is 8.16. The van der Waals surface area contributed by atoms with Crippen molar-refractivity contribution in [2.75, 3.05) is 36.5 Å². The number of aromatic nitrogens is 2. The van der Waals surface area contributed by atoms with Gasteiger partial charge in [-0.3, -0.25) is 4.79 Å². The van der Waals surface area contributed by atoms with Crippen molar-refractivity contribution < 1.29 is 9.53 Å². The van der Waals surface area contributed by atoms with E-state index in [2.05, 4.69) is 20.2 Å². The zero-order chi connectivity index (χ0) is 17.2. The van der Waals surface area contributed by atoms with Gasteiger partial charge in [-0.05, 0) is 24.3 Å². The molecule has 7 heteroatoms. The predicted molar refractivity (Wildman–Crippen MR) is 96.3 cm³/mol. The second kappa shape index (κ2) is 6.45. The van der Waals surface area contributed by atoms with Crippen LogP contribution < -0.4 is 15.9 Å². The fourth-order valence-electron chi connectivity index (χ4n) is 3.10. The lowest BCUT2D eigenvalue weighted by Gasteiger charge is -2.30. The summed E-state index contributed by atoms with van der Waals surface area (Å²) in [4.78, 5) is 31.8. The molecule has 2 aromatic carbocycles. The lowest BCUT2D eigenvalue weighted by molar-refractivity contribution is 0.102. The van der Waals surface area contributed by atoms with Crippen LogP contribution in [0.1, 0.15) is 10.4 Å². The zero-order valence-electron chi connectivity index (χ0n) is 13.5. The lowest BCUT2D eigenvalue weighted by Crippen LogP contribution is -2.36. The van der Waals surface area contributed by atoms with Crippen LogP contribution in [0.15, 0.2) is 47.3 Å². The van der Waals surface area contributed by atoms with Crippen molar-refractivity contribution in [3.63, 3.8) is 0 Å². The number of nitrogens with one attached hydrogen (secondary N) is 3. The van der Waals surface area contributed by atoms with Crippen LogP contribution in [0.4, 0.5) is 11.4 Å². The average molecular weight is 338 g/mol. The maximum atomic E-state index is 12.8. The number of carbonyl (C=O) groups excluding carboxylic acids is 1. The number of para-hydroxylation sites is 3. The lowest BCUT2D eigenvalue weighted by atomic mass is 10.1. The molecule has 0 aliphatic carbocycles. The van der Waals surface area contributed by atoms with Crippen molar-refractivity contribution in [2.45, 2.75) is 0 Å². The molecule has 0 bridgehead atoms. The molecule has 0 saturated carbocycles. The third-order valence-corrected chi connectivity index (χ3v) is 4.30. The highest BCUT2D eigenvalue weighted by Crippen LogP contribution is 2.27. The van der Waals surface area contributed by atoms with E-state index in [-0.39, 0.29) is 11.6 Å². The number of carbonyl (C=O) groups is 1. The number of morpholine rings is 1. The minimum atomic E-state index is -0.330. The van der Waals surface area contributed by atoms with Gasteiger partial charge in [0, 0.05) is 13.1 Å². The standard InChI is InChI=1S/C18H18N4O3/c23-17(12-4-3-6-14-16(12)21-18(24)20-14)19-13-5-1-2-7-15(13)22-8-10-25-11-9-22/h1-7H,8-11H2,(H,19,23)(H2,20,21,24). The van der Waals surface area contributed by atoms with E-state index in [1.54, 1.807) is 18.2 Å². The number of ether oxygens (including phenoxy) is 1. The molecule has 1 amide bonds. The maximum Gasteiger partial charge on any atom is 0.323 e. The Hall–Kier alpha value is -3.06. The first kappa shape index (κ1) is 15.5. The monoisotopic (exact) mass is 338 g/mol. The molecule has 1 saturated heterocycles. The first-order chi connectivity index (χ1) is 12.2. The molecule has 1 aliphatic heterocycles. The van der Waals surface area contributed by atoms with E-state index in [1.807, 2.05) is 24.3 Å². The molecule has 0 radical (unpaired) electrons. The highest BCUT2D eigenvalue weighted by molar-refractivity contribution is 6.12. The molecule has 3 N–H and O–H groups in total. The van der Waals surface area contributed by atoms with E-state index in [4.69, 9.17) is 4.74 Å². The van der Waals surface area contributed by atoms with Crippen LogP contribution in [0.2, 0.25) is 0 Å². The van der Waals surface area contributed by atoms with E-state index < -0.39 is 0 Å².